The van der Waals surface area contributed by atoms with Gasteiger partial charge in [-0.15, -0.1) is 0 Å². The molecule has 180 valence electrons. The van der Waals surface area contributed by atoms with Gasteiger partial charge >= 0.3 is 13.8 Å². The first-order valence-corrected chi connectivity index (χ1v) is 11.6. The number of aliphatic hydroxyl groups is 3. The number of esters is 1. The van der Waals surface area contributed by atoms with Crippen LogP contribution in [0, 0.1) is 5.41 Å². The Kier molecular flexibility index (Phi) is 8.12. The second-order valence-corrected chi connectivity index (χ2v) is 10.2. The summed E-state index contributed by atoms with van der Waals surface area (Å²) in [6.45, 7) is 8.86. The zero-order chi connectivity index (χ0) is 24.4. The minimum absolute atomic E-state index is 0.225. The molecule has 0 saturated heterocycles. The maximum absolute atomic E-state index is 13.0. The van der Waals surface area contributed by atoms with Crippen molar-refractivity contribution >= 4 is 19.6 Å². The molecule has 10 nitrogen and oxygen atoms in total. The molecule has 0 saturated carbocycles. The summed E-state index contributed by atoms with van der Waals surface area (Å²) in [5.74, 6) is -3.46. The van der Waals surface area contributed by atoms with Gasteiger partial charge in [0.25, 0.3) is 0 Å². The predicted octanol–water partition coefficient (Wildman–Crippen LogP) is 3.43. The third-order valence-electron chi connectivity index (χ3n) is 5.61. The number of rotatable bonds is 9. The normalized spacial score (nSPS) is 26.9. The molecule has 0 bridgehead atoms. The molecule has 2 rings (SSSR count). The molecule has 0 aromatic carbocycles. The van der Waals surface area contributed by atoms with Gasteiger partial charge in [-0.1, -0.05) is 32.4 Å². The molecule has 2 aliphatic rings. The molecule has 0 aromatic rings. The number of hydrogen-bond donors (Lipinski definition) is 3. The highest BCUT2D eigenvalue weighted by Crippen LogP contribution is 2.53. The molecule has 4 atom stereocenters. The molecule has 3 N–H and O–H groups in total. The van der Waals surface area contributed by atoms with Gasteiger partial charge in [-0.3, -0.25) is 18.4 Å². The molecule has 32 heavy (non-hydrogen) atoms. The topological polar surface area (TPSA) is 149 Å². The van der Waals surface area contributed by atoms with Gasteiger partial charge in [0.1, 0.15) is 12.2 Å². The average molecular weight is 474 g/mol. The van der Waals surface area contributed by atoms with E-state index in [9.17, 15) is 29.5 Å². The minimum atomic E-state index is -4.31. The lowest BCUT2D eigenvalue weighted by Crippen LogP contribution is -2.38. The summed E-state index contributed by atoms with van der Waals surface area (Å²) in [4.78, 5) is 24.2. The largest absolute Gasteiger partial charge is 0.505 e. The smallest absolute Gasteiger partial charge is 0.475 e. The number of phosphoric ester groups is 1. The van der Waals surface area contributed by atoms with E-state index in [0.717, 1.165) is 24.7 Å². The Morgan fingerprint density at radius 2 is 1.97 bits per heavy atom. The van der Waals surface area contributed by atoms with Crippen LogP contribution in [0.4, 0.5) is 0 Å². The summed E-state index contributed by atoms with van der Waals surface area (Å²) >= 11 is 0. The number of carbonyl (C=O) groups excluding carboxylic acids is 2. The Bertz CT molecular complexity index is 914. The van der Waals surface area contributed by atoms with Gasteiger partial charge in [-0.05, 0) is 43.3 Å². The van der Waals surface area contributed by atoms with Gasteiger partial charge in [0.15, 0.2) is 17.6 Å². The van der Waals surface area contributed by atoms with Gasteiger partial charge in [-0.2, -0.15) is 0 Å². The Labute approximate surface area is 187 Å². The summed E-state index contributed by atoms with van der Waals surface area (Å²) < 4.78 is 33.0. The van der Waals surface area contributed by atoms with Crippen LogP contribution in [0.3, 0.4) is 0 Å². The van der Waals surface area contributed by atoms with Crippen LogP contribution in [0.25, 0.3) is 0 Å². The molecule has 0 amide bonds. The van der Waals surface area contributed by atoms with Gasteiger partial charge in [0, 0.05) is 7.11 Å². The van der Waals surface area contributed by atoms with Gasteiger partial charge in [0.2, 0.25) is 5.76 Å². The lowest BCUT2D eigenvalue weighted by atomic mass is 9.70. The molecule has 0 spiro atoms. The van der Waals surface area contributed by atoms with E-state index in [-0.39, 0.29) is 12.2 Å². The van der Waals surface area contributed by atoms with Crippen molar-refractivity contribution in [3.8, 4) is 0 Å². The monoisotopic (exact) mass is 474 g/mol. The van der Waals surface area contributed by atoms with E-state index in [1.54, 1.807) is 6.92 Å². The molecule has 0 aromatic heterocycles. The van der Waals surface area contributed by atoms with E-state index in [1.807, 2.05) is 33.8 Å². The molecular weight excluding hydrogens is 443 g/mol. The second-order valence-electron chi connectivity index (χ2n) is 8.48. The van der Waals surface area contributed by atoms with Crippen molar-refractivity contribution in [2.45, 2.75) is 65.8 Å². The number of ether oxygens (including phenoxy) is 1. The van der Waals surface area contributed by atoms with Crippen LogP contribution in [-0.2, 0) is 32.5 Å². The molecule has 1 aliphatic heterocycles. The first-order chi connectivity index (χ1) is 14.8. The SMILES string of the molecule is CC/C(C)=C/C1=C(C)C(=O)C(OP(=O)(OC)OC[C@H](O)[C@H]2OC(=O)C(O)=C2O)CC1(C)C. The van der Waals surface area contributed by atoms with Crippen molar-refractivity contribution in [3.05, 3.63) is 34.3 Å². The van der Waals surface area contributed by atoms with Crippen LogP contribution in [0.5, 0.6) is 0 Å². The second kappa shape index (κ2) is 9.89. The summed E-state index contributed by atoms with van der Waals surface area (Å²) in [5.41, 5.74) is 2.04. The quantitative estimate of drug-likeness (QED) is 0.335. The zero-order valence-electron chi connectivity index (χ0n) is 19.1. The van der Waals surface area contributed by atoms with Crippen molar-refractivity contribution in [1.82, 2.24) is 0 Å². The van der Waals surface area contributed by atoms with Crippen molar-refractivity contribution < 1.29 is 47.8 Å². The number of hydrogen-bond acceptors (Lipinski definition) is 10. The molecule has 0 fully saturated rings. The highest BCUT2D eigenvalue weighted by atomic mass is 31.2. The maximum Gasteiger partial charge on any atom is 0.475 e. The van der Waals surface area contributed by atoms with Crippen LogP contribution in [0.1, 0.15) is 47.5 Å². The van der Waals surface area contributed by atoms with Crippen LogP contribution >= 0.6 is 7.82 Å². The van der Waals surface area contributed by atoms with Gasteiger partial charge in [0.05, 0.1) is 6.61 Å². The summed E-state index contributed by atoms with van der Waals surface area (Å²) in [6, 6.07) is 0. The van der Waals surface area contributed by atoms with Gasteiger partial charge in [-0.25, -0.2) is 9.36 Å². The van der Waals surface area contributed by atoms with E-state index in [4.69, 9.17) is 13.6 Å². The van der Waals surface area contributed by atoms with E-state index in [1.165, 1.54) is 0 Å². The number of aliphatic hydroxyl groups excluding tert-OH is 3. The van der Waals surface area contributed by atoms with Crippen molar-refractivity contribution in [2.24, 2.45) is 5.41 Å². The molecule has 1 heterocycles. The standard InChI is InChI=1S/C21H31O10P/c1-7-11(2)8-13-12(3)16(23)15(9-21(13,4)5)31-32(27,28-6)29-10-14(22)19-17(24)18(25)20(26)30-19/h8,14-15,19,22,24-25H,7,9-10H2,1-6H3/b11-8+/t14-,15?,19+,32?/m0/s1. The van der Waals surface area contributed by atoms with Crippen LogP contribution in [-0.4, -0.2) is 59.1 Å². The fraction of sp³-hybridized carbons (Fsp3) is 0.619. The highest BCUT2D eigenvalue weighted by molar-refractivity contribution is 7.48. The molecule has 2 unspecified atom stereocenters. The van der Waals surface area contributed by atoms with Crippen molar-refractivity contribution in [1.29, 1.82) is 0 Å². The molecule has 1 aliphatic carbocycles. The number of ketones is 1. The van der Waals surface area contributed by atoms with Gasteiger partial charge < -0.3 is 20.1 Å². The van der Waals surface area contributed by atoms with E-state index in [0.29, 0.717) is 5.57 Å². The minimum Gasteiger partial charge on any atom is -0.505 e. The first-order valence-electron chi connectivity index (χ1n) is 10.2. The summed E-state index contributed by atoms with van der Waals surface area (Å²) in [5, 5.41) is 29.1. The Morgan fingerprint density at radius 3 is 2.47 bits per heavy atom. The fourth-order valence-corrected chi connectivity index (χ4v) is 4.62. The van der Waals surface area contributed by atoms with Crippen LogP contribution in [0.15, 0.2) is 34.3 Å². The van der Waals surface area contributed by atoms with E-state index in [2.05, 4.69) is 4.74 Å². The van der Waals surface area contributed by atoms with Crippen LogP contribution < -0.4 is 0 Å². The average Bonchev–Trinajstić information content (AvgIpc) is 3.00. The number of allylic oxidation sites excluding steroid dienone is 3. The third-order valence-corrected chi connectivity index (χ3v) is 7.04. The first kappa shape index (κ1) is 26.3. The molecule has 11 heteroatoms. The summed E-state index contributed by atoms with van der Waals surface area (Å²) in [7, 11) is -3.24. The number of cyclic esters (lactones) is 1. The van der Waals surface area contributed by atoms with E-state index >= 15 is 0 Å². The fourth-order valence-electron chi connectivity index (χ4n) is 3.55. The zero-order valence-corrected chi connectivity index (χ0v) is 20.0. The lowest BCUT2D eigenvalue weighted by molar-refractivity contribution is -0.147. The van der Waals surface area contributed by atoms with Crippen molar-refractivity contribution in [3.63, 3.8) is 0 Å². The number of phosphoric acid groups is 1. The summed E-state index contributed by atoms with van der Waals surface area (Å²) in [6.07, 6.45) is -1.31. The Morgan fingerprint density at radius 1 is 1.34 bits per heavy atom. The third kappa shape index (κ3) is 5.50. The Hall–Kier alpha value is -1.97. The number of Topliss-reactive ketones (excluding diaryl/α,β-unsaturated/α-hetero) is 1. The molecular formula is C21H31O10P. The Balaban J connectivity index is 2.15. The lowest BCUT2D eigenvalue weighted by Gasteiger charge is -2.37. The number of carbonyl (C=O) groups is 2. The highest BCUT2D eigenvalue weighted by Gasteiger charge is 2.44. The molecule has 0 radical (unpaired) electrons. The van der Waals surface area contributed by atoms with E-state index < -0.39 is 55.6 Å². The van der Waals surface area contributed by atoms with Crippen molar-refractivity contribution in [2.75, 3.05) is 13.7 Å². The predicted molar refractivity (Wildman–Crippen MR) is 114 cm³/mol. The maximum atomic E-state index is 13.0. The van der Waals surface area contributed by atoms with Crippen LogP contribution in [0.2, 0.25) is 0 Å².